The fourth-order valence-electron chi connectivity index (χ4n) is 2.53. The number of benzene rings is 2. The molecule has 1 atom stereocenters. The van der Waals surface area contributed by atoms with Crippen LogP contribution in [0, 0.1) is 0 Å². The van der Waals surface area contributed by atoms with Crippen LogP contribution in [-0.2, 0) is 11.2 Å². The molecule has 2 aromatic carbocycles. The van der Waals surface area contributed by atoms with Gasteiger partial charge in [0.05, 0.1) is 17.6 Å². The van der Waals surface area contributed by atoms with Gasteiger partial charge in [0, 0.05) is 10.0 Å². The van der Waals surface area contributed by atoms with Gasteiger partial charge < -0.3 is 10.1 Å². The van der Waals surface area contributed by atoms with E-state index in [4.69, 9.17) is 27.9 Å². The highest BCUT2D eigenvalue weighted by Gasteiger charge is 2.30. The van der Waals surface area contributed by atoms with Crippen molar-refractivity contribution in [3.8, 4) is 5.75 Å². The molecule has 5 nitrogen and oxygen atoms in total. The van der Waals surface area contributed by atoms with Crippen molar-refractivity contribution < 1.29 is 9.53 Å². The van der Waals surface area contributed by atoms with Crippen LogP contribution in [0.15, 0.2) is 52.7 Å². The van der Waals surface area contributed by atoms with Gasteiger partial charge in [-0.15, -0.1) is 5.10 Å². The van der Waals surface area contributed by atoms with Crippen LogP contribution in [0.25, 0.3) is 0 Å². The quantitative estimate of drug-likeness (QED) is 0.515. The van der Waals surface area contributed by atoms with Crippen molar-refractivity contribution in [3.63, 3.8) is 0 Å². The van der Waals surface area contributed by atoms with Crippen LogP contribution in [0.3, 0.4) is 0 Å². The second-order valence-electron chi connectivity index (χ2n) is 6.42. The van der Waals surface area contributed by atoms with Crippen LogP contribution < -0.4 is 10.1 Å². The van der Waals surface area contributed by atoms with Gasteiger partial charge in [0.15, 0.2) is 5.17 Å². The number of hydrogen-bond acceptors (Lipinski definition) is 5. The van der Waals surface area contributed by atoms with E-state index in [9.17, 15) is 4.79 Å². The molecule has 1 amide bonds. The van der Waals surface area contributed by atoms with Gasteiger partial charge in [-0.3, -0.25) is 4.79 Å². The molecule has 1 heterocycles. The zero-order valence-electron chi connectivity index (χ0n) is 15.4. The monoisotopic (exact) mass is 435 g/mol. The molecule has 1 aliphatic rings. The number of nitrogens with zero attached hydrogens (tertiary/aromatic N) is 2. The van der Waals surface area contributed by atoms with Gasteiger partial charge in [-0.05, 0) is 67.8 Å². The molecule has 0 aromatic heterocycles. The van der Waals surface area contributed by atoms with E-state index in [0.29, 0.717) is 21.6 Å². The van der Waals surface area contributed by atoms with E-state index in [1.54, 1.807) is 18.3 Å². The van der Waals surface area contributed by atoms with E-state index >= 15 is 0 Å². The van der Waals surface area contributed by atoms with E-state index in [-0.39, 0.29) is 17.3 Å². The molecule has 1 aliphatic heterocycles. The summed E-state index contributed by atoms with van der Waals surface area (Å²) in [6.45, 7) is 3.96. The molecule has 0 saturated carbocycles. The fraction of sp³-hybridized carbons (Fsp3) is 0.250. The van der Waals surface area contributed by atoms with Crippen molar-refractivity contribution in [3.05, 3.63) is 63.6 Å². The molecule has 2 aromatic rings. The minimum atomic E-state index is -0.305. The van der Waals surface area contributed by atoms with Gasteiger partial charge in [-0.2, -0.15) is 5.10 Å². The summed E-state index contributed by atoms with van der Waals surface area (Å²) in [4.78, 5) is 12.2. The maximum absolute atomic E-state index is 12.2. The number of thioether (sulfide) groups is 1. The summed E-state index contributed by atoms with van der Waals surface area (Å²) in [5, 5.41) is 12.2. The molecule has 0 bridgehead atoms. The maximum atomic E-state index is 12.2. The summed E-state index contributed by atoms with van der Waals surface area (Å²) >= 11 is 13.4. The van der Waals surface area contributed by atoms with Crippen LogP contribution in [-0.4, -0.2) is 28.6 Å². The Hall–Kier alpha value is -2.02. The number of ether oxygens (including phenoxy) is 1. The average Bonchev–Trinajstić information content (AvgIpc) is 2.98. The molecule has 0 spiro atoms. The molecule has 8 heteroatoms. The van der Waals surface area contributed by atoms with Crippen molar-refractivity contribution in [2.75, 3.05) is 0 Å². The number of amides is 1. The Labute approximate surface area is 178 Å². The Morgan fingerprint density at radius 3 is 2.64 bits per heavy atom. The number of nitrogens with one attached hydrogen (secondary N) is 1. The highest BCUT2D eigenvalue weighted by molar-refractivity contribution is 8.15. The molecule has 0 radical (unpaired) electrons. The molecular weight excluding hydrogens is 417 g/mol. The summed E-state index contributed by atoms with van der Waals surface area (Å²) in [7, 11) is 0. The first-order chi connectivity index (χ1) is 13.4. The van der Waals surface area contributed by atoms with Crippen LogP contribution in [0.1, 0.15) is 25.0 Å². The number of carbonyl (C=O) groups is 1. The Morgan fingerprint density at radius 1 is 1.21 bits per heavy atom. The maximum Gasteiger partial charge on any atom is 0.239 e. The Kier molecular flexibility index (Phi) is 6.99. The SMILES string of the molecule is CC(C)Oc1ccc(/C=N\N=C2/NC(=O)[C@H](Cc3ccc(Cl)cc3Cl)S2)cc1. The van der Waals surface area contributed by atoms with E-state index in [2.05, 4.69) is 15.5 Å². The molecule has 1 N–H and O–H groups in total. The lowest BCUT2D eigenvalue weighted by molar-refractivity contribution is -0.118. The Morgan fingerprint density at radius 2 is 1.96 bits per heavy atom. The van der Waals surface area contributed by atoms with Gasteiger partial charge in [0.1, 0.15) is 5.75 Å². The standard InChI is InChI=1S/C20H19Cl2N3O2S/c1-12(2)27-16-7-3-13(4-8-16)11-23-25-20-24-19(26)18(28-20)9-14-5-6-15(21)10-17(14)22/h3-8,10-12,18H,9H2,1-2H3,(H,24,25,26)/b23-11-/t18-/m0/s1. The van der Waals surface area contributed by atoms with Crippen molar-refractivity contribution in [1.29, 1.82) is 0 Å². The number of amidine groups is 1. The third-order valence-electron chi connectivity index (χ3n) is 3.80. The van der Waals surface area contributed by atoms with Gasteiger partial charge in [-0.1, -0.05) is 41.0 Å². The van der Waals surface area contributed by atoms with Crippen molar-refractivity contribution in [2.24, 2.45) is 10.2 Å². The first kappa shape index (κ1) is 20.7. The van der Waals surface area contributed by atoms with Crippen molar-refractivity contribution in [2.45, 2.75) is 31.6 Å². The van der Waals surface area contributed by atoms with Crippen LogP contribution >= 0.6 is 35.0 Å². The highest BCUT2D eigenvalue weighted by atomic mass is 35.5. The molecule has 0 aliphatic carbocycles. The number of hydrogen-bond donors (Lipinski definition) is 1. The van der Waals surface area contributed by atoms with Gasteiger partial charge >= 0.3 is 0 Å². The minimum absolute atomic E-state index is 0.111. The minimum Gasteiger partial charge on any atom is -0.491 e. The average molecular weight is 436 g/mol. The predicted octanol–water partition coefficient (Wildman–Crippen LogP) is 4.94. The molecule has 28 heavy (non-hydrogen) atoms. The summed E-state index contributed by atoms with van der Waals surface area (Å²) in [6, 6.07) is 12.8. The molecule has 1 saturated heterocycles. The number of rotatable bonds is 6. The van der Waals surface area contributed by atoms with Crippen LogP contribution in [0.4, 0.5) is 0 Å². The third kappa shape index (κ3) is 5.74. The Bertz CT molecular complexity index is 914. The lowest BCUT2D eigenvalue weighted by atomic mass is 10.1. The summed E-state index contributed by atoms with van der Waals surface area (Å²) < 4.78 is 5.60. The van der Waals surface area contributed by atoms with Gasteiger partial charge in [0.25, 0.3) is 0 Å². The first-order valence-electron chi connectivity index (χ1n) is 8.70. The van der Waals surface area contributed by atoms with Crippen LogP contribution in [0.2, 0.25) is 10.0 Å². The van der Waals surface area contributed by atoms with Gasteiger partial charge in [0.2, 0.25) is 5.91 Å². The molecule has 1 fully saturated rings. The van der Waals surface area contributed by atoms with Gasteiger partial charge in [-0.25, -0.2) is 0 Å². The zero-order valence-corrected chi connectivity index (χ0v) is 17.7. The fourth-order valence-corrected chi connectivity index (χ4v) is 3.96. The molecule has 0 unspecified atom stereocenters. The summed E-state index contributed by atoms with van der Waals surface area (Å²) in [5.41, 5.74) is 1.76. The first-order valence-corrected chi connectivity index (χ1v) is 10.3. The largest absolute Gasteiger partial charge is 0.491 e. The third-order valence-corrected chi connectivity index (χ3v) is 5.46. The molecular formula is C20H19Cl2N3O2S. The van der Waals surface area contributed by atoms with E-state index in [0.717, 1.165) is 16.9 Å². The van der Waals surface area contributed by atoms with E-state index in [1.165, 1.54) is 11.8 Å². The lowest BCUT2D eigenvalue weighted by Crippen LogP contribution is -2.26. The van der Waals surface area contributed by atoms with Crippen molar-refractivity contribution in [1.82, 2.24) is 5.32 Å². The highest BCUT2D eigenvalue weighted by Crippen LogP contribution is 2.28. The number of carbonyl (C=O) groups excluding carboxylic acids is 1. The second kappa shape index (κ2) is 9.45. The van der Waals surface area contributed by atoms with E-state index in [1.807, 2.05) is 44.2 Å². The summed E-state index contributed by atoms with van der Waals surface area (Å²) in [5.74, 6) is 0.695. The predicted molar refractivity (Wildman–Crippen MR) is 117 cm³/mol. The van der Waals surface area contributed by atoms with Crippen LogP contribution in [0.5, 0.6) is 5.75 Å². The lowest BCUT2D eigenvalue weighted by Gasteiger charge is -2.08. The van der Waals surface area contributed by atoms with E-state index < -0.39 is 0 Å². The zero-order chi connectivity index (χ0) is 20.1. The summed E-state index contributed by atoms with van der Waals surface area (Å²) in [6.07, 6.45) is 2.25. The molecule has 146 valence electrons. The second-order valence-corrected chi connectivity index (χ2v) is 8.46. The van der Waals surface area contributed by atoms with Crippen molar-refractivity contribution >= 4 is 52.3 Å². The number of halogens is 2. The molecule has 3 rings (SSSR count). The topological polar surface area (TPSA) is 63.1 Å². The smallest absolute Gasteiger partial charge is 0.239 e. The Balaban J connectivity index is 1.59. The normalized spacial score (nSPS) is 18.2.